The van der Waals surface area contributed by atoms with Crippen LogP contribution in [0.5, 0.6) is 0 Å². The van der Waals surface area contributed by atoms with Crippen LogP contribution in [0.2, 0.25) is 0 Å². The van der Waals surface area contributed by atoms with Gasteiger partial charge in [-0.1, -0.05) is 0 Å². The van der Waals surface area contributed by atoms with Crippen molar-refractivity contribution in [3.63, 3.8) is 0 Å². The zero-order valence-corrected chi connectivity index (χ0v) is 7.83. The first-order chi connectivity index (χ1) is 6.04. The Morgan fingerprint density at radius 1 is 1.15 bits per heavy atom. The third-order valence-electron chi connectivity index (χ3n) is 3.05. The molecule has 3 rings (SSSR count). The van der Waals surface area contributed by atoms with Crippen LogP contribution in [0.3, 0.4) is 0 Å². The number of carbonyl (C=O) groups excluding carboxylic acids is 1. The molecule has 0 aliphatic carbocycles. The molecule has 5 heteroatoms. The van der Waals surface area contributed by atoms with Gasteiger partial charge in [0.1, 0.15) is 0 Å². The number of hydrogen-bond donors (Lipinski definition) is 0. The van der Waals surface area contributed by atoms with Gasteiger partial charge in [0.25, 0.3) is 0 Å². The molecule has 2 bridgehead atoms. The van der Waals surface area contributed by atoms with Crippen LogP contribution in [0.4, 0.5) is 4.48 Å². The normalized spacial score (nSPS) is 43.2. The summed E-state index contributed by atoms with van der Waals surface area (Å²) in [6, 6.07) is 0. The first-order valence-corrected chi connectivity index (χ1v) is 4.66. The molecule has 0 aromatic carbocycles. The summed E-state index contributed by atoms with van der Waals surface area (Å²) in [5, 5.41) is 0. The molecule has 0 saturated carbocycles. The summed E-state index contributed by atoms with van der Waals surface area (Å²) in [5.74, 6) is -0.263. The summed E-state index contributed by atoms with van der Waals surface area (Å²) in [4.78, 5) is 16.1. The number of fused-ring (bicyclic) bond motifs is 3. The lowest BCUT2D eigenvalue weighted by molar-refractivity contribution is -1.21. The summed E-state index contributed by atoms with van der Waals surface area (Å²) in [6.07, 6.45) is 0. The van der Waals surface area contributed by atoms with E-state index in [0.29, 0.717) is 43.9 Å². The van der Waals surface area contributed by atoms with Crippen molar-refractivity contribution in [2.75, 3.05) is 39.3 Å². The van der Waals surface area contributed by atoms with Gasteiger partial charge in [0.05, 0.1) is 0 Å². The number of hydrogen-bond acceptors (Lipinski definition) is 2. The van der Waals surface area contributed by atoms with E-state index in [2.05, 4.69) is 0 Å². The molecule has 0 radical (unpaired) electrons. The second-order valence-electron chi connectivity index (χ2n) is 4.01. The Hall–Kier alpha value is -0.680. The van der Waals surface area contributed by atoms with E-state index in [4.69, 9.17) is 4.84 Å². The maximum absolute atomic E-state index is 13.6. The fraction of sp³-hybridized carbons (Fsp3) is 0.875. The standard InChI is InChI=1S/C8H15FN2O2/c1-8(12)13-11-5-2-10(9,3-6-11)4-7-11/h2-7H2,1H3/q+2. The number of carbonyl (C=O) groups is 1. The van der Waals surface area contributed by atoms with Gasteiger partial charge in [0.15, 0.2) is 39.3 Å². The van der Waals surface area contributed by atoms with Gasteiger partial charge in [-0.05, 0) is 4.48 Å². The zero-order valence-electron chi connectivity index (χ0n) is 7.83. The third kappa shape index (κ3) is 1.53. The molecule has 0 N–H and O–H groups in total. The summed E-state index contributed by atoms with van der Waals surface area (Å²) >= 11 is 0. The number of hydroxylamine groups is 3. The first kappa shape index (κ1) is 8.90. The van der Waals surface area contributed by atoms with Crippen molar-refractivity contribution >= 4 is 5.97 Å². The SMILES string of the molecule is CC(=O)O[N+]12CC[N+](F)(CC1)CC2. The second kappa shape index (κ2) is 2.65. The van der Waals surface area contributed by atoms with Crippen LogP contribution in [-0.2, 0) is 9.63 Å². The molecule has 3 aliphatic rings. The smallest absolute Gasteiger partial charge is 0.276 e. The highest BCUT2D eigenvalue weighted by atomic mass is 19.2. The van der Waals surface area contributed by atoms with E-state index in [0.717, 1.165) is 0 Å². The average Bonchev–Trinajstić information content (AvgIpc) is 2.07. The summed E-state index contributed by atoms with van der Waals surface area (Å²) in [5.41, 5.74) is 0. The Kier molecular flexibility index (Phi) is 1.82. The van der Waals surface area contributed by atoms with Crippen molar-refractivity contribution in [1.29, 1.82) is 0 Å². The quantitative estimate of drug-likeness (QED) is 0.430. The minimum atomic E-state index is -0.332. The lowest BCUT2D eigenvalue weighted by Crippen LogP contribution is -2.72. The number of rotatable bonds is 1. The van der Waals surface area contributed by atoms with Crippen molar-refractivity contribution in [3.8, 4) is 0 Å². The number of halogens is 1. The molecular formula is C8H15FN2O2+2. The van der Waals surface area contributed by atoms with Gasteiger partial charge in [0, 0.05) is 6.92 Å². The molecule has 0 amide bonds. The van der Waals surface area contributed by atoms with Crippen molar-refractivity contribution < 1.29 is 23.5 Å². The van der Waals surface area contributed by atoms with Crippen molar-refractivity contribution in [2.24, 2.45) is 0 Å². The molecule has 3 saturated heterocycles. The topological polar surface area (TPSA) is 26.3 Å². The zero-order chi connectivity index (χ0) is 9.53. The van der Waals surface area contributed by atoms with Crippen LogP contribution >= 0.6 is 0 Å². The van der Waals surface area contributed by atoms with Crippen molar-refractivity contribution in [3.05, 3.63) is 0 Å². The predicted octanol–water partition coefficient (Wildman–Crippen LogP) is 0.00980. The van der Waals surface area contributed by atoms with Crippen LogP contribution in [-0.4, -0.2) is 54.6 Å². The highest BCUT2D eigenvalue weighted by Gasteiger charge is 2.53. The number of quaternary nitrogens is 2. The average molecular weight is 190 g/mol. The monoisotopic (exact) mass is 190 g/mol. The van der Waals surface area contributed by atoms with Crippen LogP contribution in [0.15, 0.2) is 0 Å². The summed E-state index contributed by atoms with van der Waals surface area (Å²) in [7, 11) is 0. The molecule has 0 aromatic rings. The Bertz CT molecular complexity index is 220. The fourth-order valence-electron chi connectivity index (χ4n) is 2.16. The Balaban J connectivity index is 2.07. The fourth-order valence-corrected chi connectivity index (χ4v) is 2.16. The largest absolute Gasteiger partial charge is 0.363 e. The summed E-state index contributed by atoms with van der Waals surface area (Å²) < 4.78 is 13.6. The van der Waals surface area contributed by atoms with Gasteiger partial charge >= 0.3 is 5.97 Å². The lowest BCUT2D eigenvalue weighted by Gasteiger charge is -2.46. The first-order valence-electron chi connectivity index (χ1n) is 4.66. The minimum absolute atomic E-state index is 0.263. The van der Waals surface area contributed by atoms with Crippen LogP contribution in [0.1, 0.15) is 6.92 Å². The van der Waals surface area contributed by atoms with Crippen LogP contribution in [0, 0.1) is 0 Å². The molecule has 0 aromatic heterocycles. The van der Waals surface area contributed by atoms with Gasteiger partial charge < -0.3 is 0 Å². The molecule has 0 spiro atoms. The molecule has 0 unspecified atom stereocenters. The molecule has 74 valence electrons. The number of piperazine rings is 3. The molecular weight excluding hydrogens is 175 g/mol. The van der Waals surface area contributed by atoms with Gasteiger partial charge in [0.2, 0.25) is 0 Å². The van der Waals surface area contributed by atoms with E-state index >= 15 is 0 Å². The molecule has 4 nitrogen and oxygen atoms in total. The molecule has 0 atom stereocenters. The maximum Gasteiger partial charge on any atom is 0.363 e. The molecule has 3 heterocycles. The van der Waals surface area contributed by atoms with E-state index < -0.39 is 0 Å². The van der Waals surface area contributed by atoms with Crippen LogP contribution < -0.4 is 0 Å². The Morgan fingerprint density at radius 3 is 2.00 bits per heavy atom. The van der Waals surface area contributed by atoms with E-state index in [-0.39, 0.29) is 10.7 Å². The lowest BCUT2D eigenvalue weighted by atomic mass is 10.2. The Labute approximate surface area is 76.6 Å². The summed E-state index contributed by atoms with van der Waals surface area (Å²) in [6.45, 7) is 4.71. The Morgan fingerprint density at radius 2 is 1.62 bits per heavy atom. The van der Waals surface area contributed by atoms with Gasteiger partial charge in [-0.25, -0.2) is 4.79 Å². The molecule has 13 heavy (non-hydrogen) atoms. The minimum Gasteiger partial charge on any atom is -0.276 e. The number of nitrogens with zero attached hydrogens (tertiary/aromatic N) is 2. The van der Waals surface area contributed by atoms with E-state index in [1.807, 2.05) is 0 Å². The molecule has 3 fully saturated rings. The van der Waals surface area contributed by atoms with Gasteiger partial charge in [-0.3, -0.25) is 4.84 Å². The van der Waals surface area contributed by atoms with Crippen molar-refractivity contribution in [2.45, 2.75) is 6.92 Å². The molecule has 3 aliphatic heterocycles. The van der Waals surface area contributed by atoms with Gasteiger partial charge in [-0.2, -0.15) is 0 Å². The second-order valence-corrected chi connectivity index (χ2v) is 4.01. The maximum atomic E-state index is 13.6. The highest BCUT2D eigenvalue weighted by molar-refractivity contribution is 5.65. The van der Waals surface area contributed by atoms with E-state index in [1.165, 1.54) is 6.92 Å². The van der Waals surface area contributed by atoms with E-state index in [1.54, 1.807) is 0 Å². The highest BCUT2D eigenvalue weighted by Crippen LogP contribution is 2.27. The predicted molar refractivity (Wildman–Crippen MR) is 42.6 cm³/mol. The van der Waals surface area contributed by atoms with E-state index in [9.17, 15) is 9.28 Å². The van der Waals surface area contributed by atoms with Crippen LogP contribution in [0.25, 0.3) is 0 Å². The van der Waals surface area contributed by atoms with Gasteiger partial charge in [-0.15, -0.1) is 9.35 Å². The third-order valence-corrected chi connectivity index (χ3v) is 3.05. The van der Waals surface area contributed by atoms with Crippen molar-refractivity contribution in [1.82, 2.24) is 0 Å².